The summed E-state index contributed by atoms with van der Waals surface area (Å²) in [5.74, 6) is -0.763. The number of nitrogens with one attached hydrogen (secondary N) is 1. The predicted octanol–water partition coefficient (Wildman–Crippen LogP) is 6.80. The van der Waals surface area contributed by atoms with Gasteiger partial charge in [0.2, 0.25) is 5.91 Å². The molecule has 0 aliphatic heterocycles. The van der Waals surface area contributed by atoms with Gasteiger partial charge >= 0.3 is 6.18 Å². The van der Waals surface area contributed by atoms with Crippen LogP contribution in [-0.2, 0) is 28.6 Å². The van der Waals surface area contributed by atoms with Crippen LogP contribution >= 0.6 is 0 Å². The topological polar surface area (TPSA) is 81.2 Å². The summed E-state index contributed by atoms with van der Waals surface area (Å²) >= 11 is 0. The van der Waals surface area contributed by atoms with E-state index < -0.39 is 17.6 Å². The molecule has 1 N–H and O–H groups in total. The van der Waals surface area contributed by atoms with Gasteiger partial charge in [-0.2, -0.15) is 13.2 Å². The molecule has 2 heterocycles. The van der Waals surface area contributed by atoms with E-state index in [2.05, 4.69) is 15.3 Å². The summed E-state index contributed by atoms with van der Waals surface area (Å²) in [5.41, 5.74) is 0.555. The van der Waals surface area contributed by atoms with E-state index >= 15 is 0 Å². The van der Waals surface area contributed by atoms with Gasteiger partial charge in [-0.15, -0.1) is 0 Å². The van der Waals surface area contributed by atoms with Gasteiger partial charge in [0.15, 0.2) is 11.6 Å². The average molecular weight is 550 g/mol. The van der Waals surface area contributed by atoms with Gasteiger partial charge in [0.1, 0.15) is 17.4 Å². The summed E-state index contributed by atoms with van der Waals surface area (Å²) in [6.45, 7) is 0. The Kier molecular flexibility index (Phi) is 7.59. The summed E-state index contributed by atoms with van der Waals surface area (Å²) in [7, 11) is 0. The van der Waals surface area contributed by atoms with Crippen molar-refractivity contribution in [1.29, 1.82) is 0 Å². The number of nitrogens with zero attached hydrogens (tertiary/aromatic N) is 2. The van der Waals surface area contributed by atoms with Crippen LogP contribution in [-0.4, -0.2) is 21.7 Å². The van der Waals surface area contributed by atoms with E-state index in [-0.39, 0.29) is 47.5 Å². The van der Waals surface area contributed by atoms with Gasteiger partial charge in [-0.1, -0.05) is 12.1 Å². The van der Waals surface area contributed by atoms with Crippen molar-refractivity contribution in [2.75, 3.05) is 5.32 Å². The number of ketones is 1. The molecule has 0 radical (unpaired) electrons. The van der Waals surface area contributed by atoms with Gasteiger partial charge in [0.25, 0.3) is 0 Å². The number of alkyl halides is 3. The number of hydrogen-bond donors (Lipinski definition) is 1. The Hall–Kier alpha value is -4.60. The van der Waals surface area contributed by atoms with Crippen molar-refractivity contribution in [3.05, 3.63) is 102 Å². The molecule has 1 amide bonds. The Morgan fingerprint density at radius 3 is 2.33 bits per heavy atom. The molecule has 0 saturated heterocycles. The summed E-state index contributed by atoms with van der Waals surface area (Å²) < 4.78 is 61.0. The molecule has 40 heavy (non-hydrogen) atoms. The largest absolute Gasteiger partial charge is 0.454 e. The number of carbonyl (C=O) groups is 2. The van der Waals surface area contributed by atoms with Gasteiger partial charge in [0.05, 0.1) is 5.56 Å². The van der Waals surface area contributed by atoms with E-state index in [0.717, 1.165) is 31.0 Å². The number of pyridine rings is 2. The van der Waals surface area contributed by atoms with Gasteiger partial charge in [-0.3, -0.25) is 14.6 Å². The van der Waals surface area contributed by atoms with Crippen LogP contribution in [0.2, 0.25) is 0 Å². The van der Waals surface area contributed by atoms with Crippen LogP contribution in [0.1, 0.15) is 29.5 Å². The van der Waals surface area contributed by atoms with Gasteiger partial charge < -0.3 is 10.1 Å². The number of benzene rings is 2. The second-order valence-corrected chi connectivity index (χ2v) is 9.55. The molecule has 0 unspecified atom stereocenters. The maximum Gasteiger partial charge on any atom is 0.416 e. The van der Waals surface area contributed by atoms with Crippen molar-refractivity contribution in [3.63, 3.8) is 0 Å². The minimum absolute atomic E-state index is 0.00359. The molecule has 0 atom stereocenters. The van der Waals surface area contributed by atoms with Crippen molar-refractivity contribution in [2.45, 2.75) is 31.9 Å². The summed E-state index contributed by atoms with van der Waals surface area (Å²) in [6, 6.07) is 13.7. The standard InChI is InChI=1S/C30H23F4N3O3/c31-26-15-18(1-4-27(26)40-25-7-10-36-28(17-25)37-29(39)21-2-3-21)13-24(38)14-19-11-22(20-5-8-35-9-6-20)16-23(12-19)30(32,33)34/h1,4-12,15-17,21H,2-3,13-14H2,(H,36,37,39). The third-order valence-electron chi connectivity index (χ3n) is 6.29. The van der Waals surface area contributed by atoms with Crippen LogP contribution < -0.4 is 10.1 Å². The van der Waals surface area contributed by atoms with Crippen LogP contribution in [0, 0.1) is 11.7 Å². The number of aromatic nitrogens is 2. The Balaban J connectivity index is 1.26. The van der Waals surface area contributed by atoms with Crippen LogP contribution in [0.15, 0.2) is 79.3 Å². The lowest BCUT2D eigenvalue weighted by atomic mass is 9.96. The SMILES string of the molecule is O=C(Cc1cc(-c2ccncc2)cc(C(F)(F)F)c1)Cc1ccc(Oc2ccnc(NC(=O)C3CC3)c2)c(F)c1. The van der Waals surface area contributed by atoms with Crippen LogP contribution in [0.3, 0.4) is 0 Å². The number of ether oxygens (including phenoxy) is 1. The maximum absolute atomic E-state index is 14.8. The highest BCUT2D eigenvalue weighted by atomic mass is 19.4. The lowest BCUT2D eigenvalue weighted by Gasteiger charge is -2.13. The highest BCUT2D eigenvalue weighted by Crippen LogP contribution is 2.34. The third kappa shape index (κ3) is 6.88. The number of anilines is 1. The van der Waals surface area contributed by atoms with E-state index in [1.54, 1.807) is 12.1 Å². The van der Waals surface area contributed by atoms with Crippen molar-refractivity contribution in [1.82, 2.24) is 9.97 Å². The number of halogens is 4. The van der Waals surface area contributed by atoms with Gasteiger partial charge in [-0.25, -0.2) is 9.37 Å². The normalized spacial score (nSPS) is 13.1. The first-order valence-corrected chi connectivity index (χ1v) is 12.5. The van der Waals surface area contributed by atoms with Crippen molar-refractivity contribution < 1.29 is 31.9 Å². The van der Waals surface area contributed by atoms with E-state index in [1.807, 2.05) is 0 Å². The first kappa shape index (κ1) is 27.0. The van der Waals surface area contributed by atoms with Crippen molar-refractivity contribution in [2.24, 2.45) is 5.92 Å². The minimum atomic E-state index is -4.59. The number of Topliss-reactive ketones (excluding diaryl/α,β-unsaturated/α-hetero) is 1. The first-order chi connectivity index (χ1) is 19.1. The average Bonchev–Trinajstić information content (AvgIpc) is 3.76. The molecule has 1 saturated carbocycles. The van der Waals surface area contributed by atoms with E-state index in [4.69, 9.17) is 4.74 Å². The summed E-state index contributed by atoms with van der Waals surface area (Å²) in [4.78, 5) is 32.7. The number of amides is 1. The molecule has 2 aromatic heterocycles. The lowest BCUT2D eigenvalue weighted by molar-refractivity contribution is -0.137. The molecule has 5 rings (SSSR count). The lowest BCUT2D eigenvalue weighted by Crippen LogP contribution is -2.14. The molecule has 0 spiro atoms. The molecule has 4 aromatic rings. The van der Waals surface area contributed by atoms with E-state index in [9.17, 15) is 27.2 Å². The molecule has 1 fully saturated rings. The molecule has 0 bridgehead atoms. The van der Waals surface area contributed by atoms with Crippen LogP contribution in [0.4, 0.5) is 23.4 Å². The fourth-order valence-electron chi connectivity index (χ4n) is 4.17. The van der Waals surface area contributed by atoms with Crippen LogP contribution in [0.5, 0.6) is 11.5 Å². The zero-order valence-corrected chi connectivity index (χ0v) is 21.0. The fourth-order valence-corrected chi connectivity index (χ4v) is 4.17. The second kappa shape index (κ2) is 11.3. The fraction of sp³-hybridized carbons (Fsp3) is 0.200. The summed E-state index contributed by atoms with van der Waals surface area (Å²) in [6.07, 6.45) is 1.04. The van der Waals surface area contributed by atoms with E-state index in [1.165, 1.54) is 48.9 Å². The maximum atomic E-state index is 14.8. The Bertz CT molecular complexity index is 1550. The van der Waals surface area contributed by atoms with Crippen molar-refractivity contribution in [3.8, 4) is 22.6 Å². The predicted molar refractivity (Wildman–Crippen MR) is 139 cm³/mol. The number of rotatable bonds is 9. The highest BCUT2D eigenvalue weighted by molar-refractivity contribution is 5.93. The Morgan fingerprint density at radius 2 is 1.62 bits per heavy atom. The van der Waals surface area contributed by atoms with Crippen LogP contribution in [0.25, 0.3) is 11.1 Å². The Morgan fingerprint density at radius 1 is 0.875 bits per heavy atom. The minimum Gasteiger partial charge on any atom is -0.454 e. The number of hydrogen-bond acceptors (Lipinski definition) is 5. The molecule has 204 valence electrons. The molecule has 1 aliphatic carbocycles. The first-order valence-electron chi connectivity index (χ1n) is 12.5. The zero-order valence-electron chi connectivity index (χ0n) is 21.0. The second-order valence-electron chi connectivity index (χ2n) is 9.55. The molecule has 10 heteroatoms. The quantitative estimate of drug-likeness (QED) is 0.232. The highest BCUT2D eigenvalue weighted by Gasteiger charge is 2.32. The molecule has 6 nitrogen and oxygen atoms in total. The molecular weight excluding hydrogens is 526 g/mol. The molecule has 1 aliphatic rings. The van der Waals surface area contributed by atoms with E-state index in [0.29, 0.717) is 22.5 Å². The van der Waals surface area contributed by atoms with Crippen molar-refractivity contribution >= 4 is 17.5 Å². The van der Waals surface area contributed by atoms with Gasteiger partial charge in [0, 0.05) is 43.4 Å². The van der Waals surface area contributed by atoms with Gasteiger partial charge in [-0.05, 0) is 77.6 Å². The monoisotopic (exact) mass is 549 g/mol. The summed E-state index contributed by atoms with van der Waals surface area (Å²) in [5, 5.41) is 2.69. The molecular formula is C30H23F4N3O3. The molecule has 2 aromatic carbocycles. The third-order valence-corrected chi connectivity index (χ3v) is 6.29. The number of carbonyl (C=O) groups excluding carboxylic acids is 2. The Labute approximate surface area is 227 Å². The zero-order chi connectivity index (χ0) is 28.3. The smallest absolute Gasteiger partial charge is 0.416 e.